The monoisotopic (exact) mass is 192 g/mol. The molecule has 1 atom stereocenters. The van der Waals surface area contributed by atoms with Gasteiger partial charge in [-0.25, -0.2) is 4.79 Å². The highest BCUT2D eigenvalue weighted by Gasteiger charge is 2.14. The Kier molecular flexibility index (Phi) is 4.90. The van der Waals surface area contributed by atoms with E-state index in [0.29, 0.717) is 0 Å². The maximum atomic E-state index is 10.8. The largest absolute Gasteiger partial charge is 0.393 e. The molecule has 0 aliphatic heterocycles. The van der Waals surface area contributed by atoms with Crippen LogP contribution in [-0.4, -0.2) is 22.8 Å². The van der Waals surface area contributed by atoms with Gasteiger partial charge in [-0.3, -0.25) is 4.89 Å². The summed E-state index contributed by atoms with van der Waals surface area (Å²) in [6, 6.07) is 0. The van der Waals surface area contributed by atoms with Crippen molar-refractivity contribution in [3.05, 3.63) is 0 Å². The van der Waals surface area contributed by atoms with E-state index in [1.807, 2.05) is 0 Å². The number of carbonyl (C=O) groups is 1. The Labute approximate surface area is 77.4 Å². The van der Waals surface area contributed by atoms with Crippen LogP contribution in [0.2, 0.25) is 0 Å². The lowest BCUT2D eigenvalue weighted by atomic mass is 10.2. The van der Waals surface area contributed by atoms with Gasteiger partial charge in [0, 0.05) is 0 Å². The molecule has 5 heteroatoms. The molecule has 5 nitrogen and oxygen atoms in total. The number of carbonyl (C=O) groups excluding carboxylic acids is 1. The van der Waals surface area contributed by atoms with Crippen molar-refractivity contribution < 1.29 is 24.7 Å². The molecule has 0 saturated carbocycles. The molecule has 0 heterocycles. The average Bonchev–Trinajstić information content (AvgIpc) is 1.81. The average molecular weight is 192 g/mol. The molecule has 0 rings (SSSR count). The summed E-state index contributed by atoms with van der Waals surface area (Å²) in [6.07, 6.45) is -0.862. The van der Waals surface area contributed by atoms with Crippen molar-refractivity contribution in [1.82, 2.24) is 0 Å². The van der Waals surface area contributed by atoms with Crippen molar-refractivity contribution in [2.45, 2.75) is 45.8 Å². The van der Waals surface area contributed by atoms with Crippen LogP contribution in [0.4, 0.5) is 0 Å². The lowest BCUT2D eigenvalue weighted by Gasteiger charge is -2.15. The molecule has 0 fully saturated rings. The molecule has 0 bridgehead atoms. The molecular weight excluding hydrogens is 176 g/mol. The SMILES string of the molecule is CC(O)CC(=O)OOOC(C)(C)C. The van der Waals surface area contributed by atoms with Gasteiger partial charge in [-0.2, -0.15) is 4.89 Å². The fourth-order valence-electron chi connectivity index (χ4n) is 0.432. The van der Waals surface area contributed by atoms with Gasteiger partial charge in [0.15, 0.2) is 0 Å². The second-order valence-electron chi connectivity index (χ2n) is 3.77. The number of hydrogen-bond acceptors (Lipinski definition) is 5. The van der Waals surface area contributed by atoms with Crippen LogP contribution < -0.4 is 0 Å². The van der Waals surface area contributed by atoms with E-state index in [2.05, 4.69) is 14.8 Å². The van der Waals surface area contributed by atoms with Crippen LogP contribution in [0.5, 0.6) is 0 Å². The van der Waals surface area contributed by atoms with Crippen molar-refractivity contribution >= 4 is 5.97 Å². The van der Waals surface area contributed by atoms with Gasteiger partial charge in [0.05, 0.1) is 18.1 Å². The topological polar surface area (TPSA) is 65.0 Å². The Balaban J connectivity index is 3.49. The third-order valence-corrected chi connectivity index (χ3v) is 0.873. The molecule has 0 aliphatic carbocycles. The fourth-order valence-corrected chi connectivity index (χ4v) is 0.432. The van der Waals surface area contributed by atoms with E-state index < -0.39 is 17.7 Å². The zero-order valence-corrected chi connectivity index (χ0v) is 8.36. The van der Waals surface area contributed by atoms with Gasteiger partial charge in [-0.15, -0.1) is 0 Å². The molecule has 78 valence electrons. The van der Waals surface area contributed by atoms with Crippen molar-refractivity contribution in [1.29, 1.82) is 0 Å². The van der Waals surface area contributed by atoms with Crippen LogP contribution >= 0.6 is 0 Å². The summed E-state index contributed by atoms with van der Waals surface area (Å²) in [5, 5.41) is 13.0. The molecule has 0 aromatic heterocycles. The van der Waals surface area contributed by atoms with Crippen LogP contribution in [0.25, 0.3) is 0 Å². The lowest BCUT2D eigenvalue weighted by molar-refractivity contribution is -0.514. The Morgan fingerprint density at radius 2 is 2.00 bits per heavy atom. The fraction of sp³-hybridized carbons (Fsp3) is 0.875. The first-order chi connectivity index (χ1) is 5.81. The van der Waals surface area contributed by atoms with E-state index in [1.54, 1.807) is 20.8 Å². The summed E-state index contributed by atoms with van der Waals surface area (Å²) in [6.45, 7) is 6.71. The van der Waals surface area contributed by atoms with Gasteiger partial charge in [0.25, 0.3) is 0 Å². The summed E-state index contributed by atoms with van der Waals surface area (Å²) in [5.74, 6) is -0.667. The highest BCUT2D eigenvalue weighted by Crippen LogP contribution is 2.07. The maximum absolute atomic E-state index is 10.8. The summed E-state index contributed by atoms with van der Waals surface area (Å²) in [4.78, 5) is 19.6. The number of aliphatic hydroxyl groups is 1. The molecule has 0 saturated heterocycles. The lowest BCUT2D eigenvalue weighted by Crippen LogP contribution is -2.21. The van der Waals surface area contributed by atoms with Crippen molar-refractivity contribution in [2.24, 2.45) is 0 Å². The van der Waals surface area contributed by atoms with Crippen molar-refractivity contribution in [2.75, 3.05) is 0 Å². The number of hydrogen-bond donors (Lipinski definition) is 1. The van der Waals surface area contributed by atoms with Gasteiger partial charge in [0.2, 0.25) is 0 Å². The van der Waals surface area contributed by atoms with Crippen LogP contribution in [0.1, 0.15) is 34.1 Å². The Morgan fingerprint density at radius 3 is 2.38 bits per heavy atom. The Hall–Kier alpha value is -0.650. The van der Waals surface area contributed by atoms with Gasteiger partial charge >= 0.3 is 5.97 Å². The maximum Gasteiger partial charge on any atom is 0.348 e. The van der Waals surface area contributed by atoms with E-state index in [-0.39, 0.29) is 6.42 Å². The third kappa shape index (κ3) is 9.26. The molecular formula is C8H16O5. The molecule has 1 unspecified atom stereocenters. The normalized spacial score (nSPS) is 13.9. The van der Waals surface area contributed by atoms with Crippen molar-refractivity contribution in [3.63, 3.8) is 0 Å². The molecule has 0 aliphatic rings. The van der Waals surface area contributed by atoms with Crippen molar-refractivity contribution in [3.8, 4) is 0 Å². The zero-order chi connectivity index (χ0) is 10.5. The highest BCUT2D eigenvalue weighted by molar-refractivity contribution is 5.69. The molecule has 0 aromatic rings. The minimum atomic E-state index is -0.745. The van der Waals surface area contributed by atoms with E-state index in [4.69, 9.17) is 5.11 Å². The Morgan fingerprint density at radius 1 is 1.46 bits per heavy atom. The first-order valence-electron chi connectivity index (χ1n) is 4.04. The first kappa shape index (κ1) is 12.3. The van der Waals surface area contributed by atoms with Gasteiger partial charge in [-0.1, -0.05) is 0 Å². The van der Waals surface area contributed by atoms with Crippen LogP contribution in [-0.2, 0) is 19.6 Å². The molecule has 1 N–H and O–H groups in total. The molecule has 0 spiro atoms. The summed E-state index contributed by atoms with van der Waals surface area (Å²) < 4.78 is 0. The van der Waals surface area contributed by atoms with Crippen LogP contribution in [0.15, 0.2) is 0 Å². The van der Waals surface area contributed by atoms with E-state index >= 15 is 0 Å². The first-order valence-corrected chi connectivity index (χ1v) is 4.04. The third-order valence-electron chi connectivity index (χ3n) is 0.873. The highest BCUT2D eigenvalue weighted by atomic mass is 17.5. The van der Waals surface area contributed by atoms with Crippen LogP contribution in [0, 0.1) is 0 Å². The smallest absolute Gasteiger partial charge is 0.348 e. The zero-order valence-electron chi connectivity index (χ0n) is 8.36. The minimum absolute atomic E-state index is 0.118. The quantitative estimate of drug-likeness (QED) is 0.531. The molecule has 0 aromatic carbocycles. The van der Waals surface area contributed by atoms with Gasteiger partial charge < -0.3 is 5.11 Å². The Bertz CT molecular complexity index is 158. The summed E-state index contributed by atoms with van der Waals surface area (Å²) >= 11 is 0. The summed E-state index contributed by atoms with van der Waals surface area (Å²) in [5.41, 5.74) is -0.537. The van der Waals surface area contributed by atoms with Gasteiger partial charge in [-0.05, 0) is 32.7 Å². The molecule has 0 amide bonds. The minimum Gasteiger partial charge on any atom is -0.393 e. The van der Waals surface area contributed by atoms with E-state index in [1.165, 1.54) is 6.92 Å². The second-order valence-corrected chi connectivity index (χ2v) is 3.77. The van der Waals surface area contributed by atoms with Crippen LogP contribution in [0.3, 0.4) is 0 Å². The molecule has 13 heavy (non-hydrogen) atoms. The van der Waals surface area contributed by atoms with E-state index in [9.17, 15) is 4.79 Å². The predicted octanol–water partition coefficient (Wildman–Crippen LogP) is 0.962. The summed E-state index contributed by atoms with van der Waals surface area (Å²) in [7, 11) is 0. The second kappa shape index (κ2) is 5.16. The number of aliphatic hydroxyl groups excluding tert-OH is 1. The van der Waals surface area contributed by atoms with E-state index in [0.717, 1.165) is 0 Å². The van der Waals surface area contributed by atoms with Gasteiger partial charge in [0.1, 0.15) is 0 Å². The molecule has 0 radical (unpaired) electrons. The predicted molar refractivity (Wildman–Crippen MR) is 44.3 cm³/mol. The standard InChI is InChI=1S/C8H16O5/c1-6(9)5-7(10)11-13-12-8(2,3)4/h6,9H,5H2,1-4H3. The number of rotatable bonds is 4.